The van der Waals surface area contributed by atoms with Crippen molar-refractivity contribution in [1.82, 2.24) is 10.6 Å². The number of carbonyl (C=O) groups is 1. The Morgan fingerprint density at radius 3 is 1.64 bits per heavy atom. The lowest BCUT2D eigenvalue weighted by atomic mass is 10.3. The summed E-state index contributed by atoms with van der Waals surface area (Å²) in [7, 11) is 0. The maximum Gasteiger partial charge on any atom is 0.316 e. The summed E-state index contributed by atoms with van der Waals surface area (Å²) in [5, 5.41) is 5.36. The highest BCUT2D eigenvalue weighted by Gasteiger charge is 2.05. The number of nitrogens with one attached hydrogen (secondary N) is 2. The summed E-state index contributed by atoms with van der Waals surface area (Å²) in [6, 6.07) is -0.515. The van der Waals surface area contributed by atoms with E-state index < -0.39 is 0 Å². The summed E-state index contributed by atoms with van der Waals surface area (Å²) in [6.07, 6.45) is 0. The van der Waals surface area contributed by atoms with Gasteiger partial charge in [0.05, 0.1) is 12.1 Å². The lowest BCUT2D eigenvalue weighted by Gasteiger charge is -2.11. The molecule has 0 aromatic heterocycles. The second kappa shape index (κ2) is 6.86. The molecular formula is C11H16N2O. The molecule has 0 heterocycles. The van der Waals surface area contributed by atoms with Gasteiger partial charge in [0, 0.05) is 0 Å². The third kappa shape index (κ3) is 5.97. The van der Waals surface area contributed by atoms with Gasteiger partial charge in [-0.3, -0.25) is 0 Å². The molecular weight excluding hydrogens is 176 g/mol. The average Bonchev–Trinajstić information content (AvgIpc) is 2.03. The topological polar surface area (TPSA) is 41.1 Å². The van der Waals surface area contributed by atoms with Crippen molar-refractivity contribution in [3.05, 3.63) is 0 Å². The van der Waals surface area contributed by atoms with E-state index >= 15 is 0 Å². The molecule has 76 valence electrons. The van der Waals surface area contributed by atoms with Gasteiger partial charge in [0.2, 0.25) is 0 Å². The number of rotatable bonds is 2. The molecule has 2 unspecified atom stereocenters. The van der Waals surface area contributed by atoms with E-state index in [0.717, 1.165) is 0 Å². The molecule has 0 saturated heterocycles. The van der Waals surface area contributed by atoms with Crippen LogP contribution < -0.4 is 10.6 Å². The van der Waals surface area contributed by atoms with Gasteiger partial charge in [-0.05, 0) is 27.7 Å². The molecule has 0 spiro atoms. The van der Waals surface area contributed by atoms with Crippen molar-refractivity contribution in [2.45, 2.75) is 39.8 Å². The van der Waals surface area contributed by atoms with Gasteiger partial charge in [0.1, 0.15) is 0 Å². The molecule has 0 aromatic carbocycles. The normalized spacial score (nSPS) is 12.3. The van der Waals surface area contributed by atoms with Crippen molar-refractivity contribution in [2.75, 3.05) is 0 Å². The second-order valence-electron chi connectivity index (χ2n) is 2.85. The smallest absolute Gasteiger partial charge is 0.316 e. The molecule has 14 heavy (non-hydrogen) atoms. The van der Waals surface area contributed by atoms with Crippen LogP contribution in [-0.2, 0) is 0 Å². The average molecular weight is 192 g/mol. The predicted molar refractivity (Wildman–Crippen MR) is 57.5 cm³/mol. The van der Waals surface area contributed by atoms with Crippen LogP contribution in [0.3, 0.4) is 0 Å². The van der Waals surface area contributed by atoms with Gasteiger partial charge in [-0.2, -0.15) is 0 Å². The first-order valence-electron chi connectivity index (χ1n) is 4.51. The Balaban J connectivity index is 3.94. The Kier molecular flexibility index (Phi) is 6.07. The van der Waals surface area contributed by atoms with Crippen LogP contribution in [0.15, 0.2) is 0 Å². The largest absolute Gasteiger partial charge is 0.325 e. The molecule has 2 atom stereocenters. The van der Waals surface area contributed by atoms with Crippen molar-refractivity contribution in [3.63, 3.8) is 0 Å². The molecule has 0 radical (unpaired) electrons. The predicted octanol–water partition coefficient (Wildman–Crippen LogP) is 1.11. The minimum absolute atomic E-state index is 0.137. The van der Waals surface area contributed by atoms with Crippen LogP contribution >= 0.6 is 0 Å². The SMILES string of the molecule is CC#CC(C)NC(=O)NC(C)C#CC. The van der Waals surface area contributed by atoms with Crippen molar-refractivity contribution >= 4 is 6.03 Å². The zero-order chi connectivity index (χ0) is 11.0. The highest BCUT2D eigenvalue weighted by Crippen LogP contribution is 1.81. The monoisotopic (exact) mass is 192 g/mol. The summed E-state index contributed by atoms with van der Waals surface area (Å²) in [4.78, 5) is 11.3. The molecule has 0 aromatic rings. The molecule has 2 N–H and O–H groups in total. The molecule has 0 rings (SSSR count). The summed E-state index contributed by atoms with van der Waals surface area (Å²) in [5.74, 6) is 11.1. The van der Waals surface area contributed by atoms with Gasteiger partial charge in [0.25, 0.3) is 0 Å². The van der Waals surface area contributed by atoms with Gasteiger partial charge in [-0.1, -0.05) is 11.8 Å². The Bertz CT molecular complexity index is 271. The number of hydrogen-bond acceptors (Lipinski definition) is 1. The number of hydrogen-bond donors (Lipinski definition) is 2. The van der Waals surface area contributed by atoms with Gasteiger partial charge in [-0.15, -0.1) is 11.8 Å². The molecule has 0 aliphatic carbocycles. The van der Waals surface area contributed by atoms with Crippen LogP contribution in [-0.4, -0.2) is 18.1 Å². The van der Waals surface area contributed by atoms with Gasteiger partial charge >= 0.3 is 6.03 Å². The van der Waals surface area contributed by atoms with E-state index in [-0.39, 0.29) is 18.1 Å². The Morgan fingerprint density at radius 1 is 1.00 bits per heavy atom. The van der Waals surface area contributed by atoms with Crippen LogP contribution in [0.4, 0.5) is 4.79 Å². The van der Waals surface area contributed by atoms with Crippen LogP contribution in [0, 0.1) is 23.7 Å². The number of urea groups is 1. The van der Waals surface area contributed by atoms with Crippen LogP contribution in [0.25, 0.3) is 0 Å². The van der Waals surface area contributed by atoms with Crippen LogP contribution in [0.1, 0.15) is 27.7 Å². The molecule has 2 amide bonds. The quantitative estimate of drug-likeness (QED) is 0.632. The molecule has 0 saturated carbocycles. The number of carbonyl (C=O) groups excluding carboxylic acids is 1. The minimum Gasteiger partial charge on any atom is -0.325 e. The van der Waals surface area contributed by atoms with Crippen LogP contribution in [0.2, 0.25) is 0 Å². The molecule has 0 aliphatic rings. The van der Waals surface area contributed by atoms with Crippen molar-refractivity contribution in [2.24, 2.45) is 0 Å². The molecule has 0 bridgehead atoms. The van der Waals surface area contributed by atoms with Crippen molar-refractivity contribution in [3.8, 4) is 23.7 Å². The van der Waals surface area contributed by atoms with Crippen molar-refractivity contribution < 1.29 is 4.79 Å². The maximum absolute atomic E-state index is 11.3. The zero-order valence-corrected chi connectivity index (χ0v) is 9.06. The fraction of sp³-hybridized carbons (Fsp3) is 0.545. The van der Waals surface area contributed by atoms with Crippen LogP contribution in [0.5, 0.6) is 0 Å². The van der Waals surface area contributed by atoms with E-state index in [1.165, 1.54) is 0 Å². The van der Waals surface area contributed by atoms with E-state index in [2.05, 4.69) is 34.3 Å². The highest BCUT2D eigenvalue weighted by molar-refractivity contribution is 5.75. The Morgan fingerprint density at radius 2 is 1.36 bits per heavy atom. The van der Waals surface area contributed by atoms with Crippen molar-refractivity contribution in [1.29, 1.82) is 0 Å². The Hall–Kier alpha value is -1.61. The number of amides is 2. The minimum atomic E-state index is -0.240. The molecule has 0 aliphatic heterocycles. The maximum atomic E-state index is 11.3. The summed E-state index contributed by atoms with van der Waals surface area (Å²) in [6.45, 7) is 7.13. The lowest BCUT2D eigenvalue weighted by Crippen LogP contribution is -2.43. The van der Waals surface area contributed by atoms with Gasteiger partial charge in [0.15, 0.2) is 0 Å². The third-order valence-corrected chi connectivity index (χ3v) is 1.42. The van der Waals surface area contributed by atoms with E-state index in [1.807, 2.05) is 13.8 Å². The molecule has 3 heteroatoms. The molecule has 3 nitrogen and oxygen atoms in total. The second-order valence-corrected chi connectivity index (χ2v) is 2.85. The lowest BCUT2D eigenvalue weighted by molar-refractivity contribution is 0.238. The first-order valence-corrected chi connectivity index (χ1v) is 4.51. The summed E-state index contributed by atoms with van der Waals surface area (Å²) in [5.41, 5.74) is 0. The standard InChI is InChI=1S/C11H16N2O/c1-5-7-9(3)12-11(14)13-10(4)8-6-2/h9-10H,1-4H3,(H2,12,13,14). The first kappa shape index (κ1) is 12.4. The first-order chi connectivity index (χ1) is 6.60. The van der Waals surface area contributed by atoms with Gasteiger partial charge < -0.3 is 10.6 Å². The highest BCUT2D eigenvalue weighted by atomic mass is 16.2. The summed E-state index contributed by atoms with van der Waals surface area (Å²) >= 11 is 0. The van der Waals surface area contributed by atoms with Gasteiger partial charge in [-0.25, -0.2) is 4.79 Å². The van der Waals surface area contributed by atoms with E-state index in [1.54, 1.807) is 13.8 Å². The molecule has 0 fully saturated rings. The zero-order valence-electron chi connectivity index (χ0n) is 9.06. The van der Waals surface area contributed by atoms with E-state index in [4.69, 9.17) is 0 Å². The third-order valence-electron chi connectivity index (χ3n) is 1.42. The van der Waals surface area contributed by atoms with E-state index in [0.29, 0.717) is 0 Å². The summed E-state index contributed by atoms with van der Waals surface area (Å²) < 4.78 is 0. The Labute approximate surface area is 85.6 Å². The fourth-order valence-electron chi connectivity index (χ4n) is 0.940. The van der Waals surface area contributed by atoms with E-state index in [9.17, 15) is 4.79 Å². The fourth-order valence-corrected chi connectivity index (χ4v) is 0.940.